The van der Waals surface area contributed by atoms with E-state index in [0.29, 0.717) is 0 Å². The van der Waals surface area contributed by atoms with Crippen LogP contribution in [0.4, 0.5) is 0 Å². The van der Waals surface area contributed by atoms with Crippen molar-refractivity contribution in [3.05, 3.63) is 412 Å². The molecular formula is C121H80N4. The molecule has 22 aromatic carbocycles. The minimum absolute atomic E-state index is 0.762. The van der Waals surface area contributed by atoms with Gasteiger partial charge in [0.2, 0.25) is 0 Å². The second kappa shape index (κ2) is 27.8. The van der Waals surface area contributed by atoms with Crippen molar-refractivity contribution in [1.29, 1.82) is 0 Å². The third kappa shape index (κ3) is 10.7. The van der Waals surface area contributed by atoms with Crippen molar-refractivity contribution in [3.8, 4) is 89.0 Å². The Kier molecular flexibility index (Phi) is 15.8. The highest BCUT2D eigenvalue weighted by atomic mass is 15.0. The molecule has 0 unspecified atom stereocenters. The number of fused-ring (bicyclic) bond motifs is 20. The molecule has 125 heavy (non-hydrogen) atoms. The molecule has 0 spiro atoms. The number of H-pyrrole nitrogens is 1. The summed E-state index contributed by atoms with van der Waals surface area (Å²) < 4.78 is 7.43. The summed E-state index contributed by atoms with van der Waals surface area (Å²) in [7, 11) is 2.19. The summed E-state index contributed by atoms with van der Waals surface area (Å²) in [6.45, 7) is 3.90. The fourth-order valence-corrected chi connectivity index (χ4v) is 22.5. The van der Waals surface area contributed by atoms with Crippen LogP contribution in [0.5, 0.6) is 0 Å². The van der Waals surface area contributed by atoms with Crippen molar-refractivity contribution in [3.63, 3.8) is 0 Å². The molecular weight excluding hydrogens is 1510 g/mol. The van der Waals surface area contributed by atoms with Crippen molar-refractivity contribution >= 4 is 173 Å². The lowest BCUT2D eigenvalue weighted by molar-refractivity contribution is 0.748. The van der Waals surface area contributed by atoms with Crippen molar-refractivity contribution in [2.75, 3.05) is 0 Å². The molecule has 1 N–H and O–H groups in total. The Morgan fingerprint density at radius 3 is 0.968 bits per heavy atom. The molecule has 0 saturated carbocycles. The molecule has 0 radical (unpaired) electrons. The average molecular weight is 1590 g/mol. The van der Waals surface area contributed by atoms with Crippen LogP contribution in [0.3, 0.4) is 0 Å². The third-order valence-corrected chi connectivity index (χ3v) is 27.9. The predicted molar refractivity (Wildman–Crippen MR) is 535 cm³/mol. The minimum atomic E-state index is 0.762. The molecule has 0 saturated heterocycles. The van der Waals surface area contributed by atoms with Gasteiger partial charge in [-0.3, -0.25) is 0 Å². The molecule has 0 atom stereocenters. The van der Waals surface area contributed by atoms with Crippen molar-refractivity contribution in [2.24, 2.45) is 7.05 Å². The first-order valence-corrected chi connectivity index (χ1v) is 43.9. The predicted octanol–water partition coefficient (Wildman–Crippen LogP) is 33.0. The molecule has 4 heterocycles. The number of hydrogen-bond acceptors (Lipinski definition) is 0. The molecule has 584 valence electrons. The molecule has 0 aliphatic rings. The van der Waals surface area contributed by atoms with Crippen LogP contribution >= 0.6 is 0 Å². The van der Waals surface area contributed by atoms with Crippen molar-refractivity contribution < 1.29 is 0 Å². The van der Waals surface area contributed by atoms with Gasteiger partial charge < -0.3 is 18.7 Å². The van der Waals surface area contributed by atoms with Crippen LogP contribution < -0.4 is 0 Å². The average Bonchev–Trinajstić information content (AvgIpc) is 1.41. The van der Waals surface area contributed by atoms with Gasteiger partial charge in [0, 0.05) is 107 Å². The Bertz CT molecular complexity index is 8990. The summed E-state index contributed by atoms with van der Waals surface area (Å²) in [6.07, 6.45) is 0.802. The molecule has 4 nitrogen and oxygen atoms in total. The number of nitrogens with zero attached hydrogens (tertiary/aromatic N) is 3. The van der Waals surface area contributed by atoms with E-state index in [9.17, 15) is 0 Å². The monoisotopic (exact) mass is 1590 g/mol. The van der Waals surface area contributed by atoms with E-state index in [1.54, 1.807) is 0 Å². The largest absolute Gasteiger partial charge is 0.355 e. The van der Waals surface area contributed by atoms with Gasteiger partial charge in [0.15, 0.2) is 0 Å². The van der Waals surface area contributed by atoms with Crippen molar-refractivity contribution in [2.45, 2.75) is 26.4 Å². The Morgan fingerprint density at radius 2 is 0.520 bits per heavy atom. The van der Waals surface area contributed by atoms with Crippen LogP contribution in [-0.4, -0.2) is 18.7 Å². The van der Waals surface area contributed by atoms with E-state index in [-0.39, 0.29) is 0 Å². The van der Waals surface area contributed by atoms with Crippen molar-refractivity contribution in [1.82, 2.24) is 18.7 Å². The van der Waals surface area contributed by atoms with Crippen LogP contribution in [0.1, 0.15) is 12.5 Å². The highest BCUT2D eigenvalue weighted by Crippen LogP contribution is 2.54. The zero-order chi connectivity index (χ0) is 82.2. The van der Waals surface area contributed by atoms with Gasteiger partial charge in [0.1, 0.15) is 0 Å². The van der Waals surface area contributed by atoms with Gasteiger partial charge in [-0.2, -0.15) is 0 Å². The summed E-state index contributed by atoms with van der Waals surface area (Å²) in [5.41, 5.74) is 30.5. The number of aromatic nitrogens is 4. The fraction of sp³-hybridized carbons (Fsp3) is 0.0413. The molecule has 26 aromatic rings. The van der Waals surface area contributed by atoms with Gasteiger partial charge >= 0.3 is 0 Å². The quantitative estimate of drug-likeness (QED) is 0.118. The second-order valence-corrected chi connectivity index (χ2v) is 34.2. The highest BCUT2D eigenvalue weighted by Gasteiger charge is 2.28. The number of benzene rings is 22. The summed E-state index contributed by atoms with van der Waals surface area (Å²) >= 11 is 0. The van der Waals surface area contributed by atoms with E-state index in [1.165, 1.54) is 257 Å². The first kappa shape index (κ1) is 70.9. The minimum Gasteiger partial charge on any atom is -0.355 e. The van der Waals surface area contributed by atoms with E-state index < -0.39 is 0 Å². The van der Waals surface area contributed by atoms with Crippen LogP contribution in [0, 0.1) is 0 Å². The number of aryl methyl sites for hydroxylation is 4. The summed E-state index contributed by atoms with van der Waals surface area (Å²) in [6, 6.07) is 154. The lowest BCUT2D eigenvalue weighted by Crippen LogP contribution is -2.01. The second-order valence-electron chi connectivity index (χ2n) is 34.2. The summed E-state index contributed by atoms with van der Waals surface area (Å²) in [5, 5.41) is 29.7. The first-order chi connectivity index (χ1) is 61.9. The molecule has 0 fully saturated rings. The Hall–Kier alpha value is -15.9. The number of hydrogen-bond donors (Lipinski definition) is 1. The summed E-state index contributed by atoms with van der Waals surface area (Å²) in [4.78, 5) is 3.95. The molecule has 0 aliphatic carbocycles. The van der Waals surface area contributed by atoms with Gasteiger partial charge in [0.25, 0.3) is 0 Å². The maximum atomic E-state index is 3.95. The maximum absolute atomic E-state index is 3.95. The van der Waals surface area contributed by atoms with E-state index >= 15 is 0 Å². The van der Waals surface area contributed by atoms with Crippen LogP contribution in [-0.2, 0) is 26.6 Å². The number of nitrogens with one attached hydrogen (secondary N) is 1. The first-order valence-electron chi connectivity index (χ1n) is 43.9. The van der Waals surface area contributed by atoms with E-state index in [2.05, 4.69) is 439 Å². The zero-order valence-electron chi connectivity index (χ0n) is 69.1. The fourth-order valence-electron chi connectivity index (χ4n) is 22.5. The number of rotatable bonds is 12. The number of aromatic amines is 1. The lowest BCUT2D eigenvalue weighted by atomic mass is 9.81. The smallest absolute Gasteiger partial charge is 0.0497 e. The van der Waals surface area contributed by atoms with Crippen LogP contribution in [0.25, 0.3) is 262 Å². The summed E-state index contributed by atoms with van der Waals surface area (Å²) in [5.74, 6) is 0. The maximum Gasteiger partial charge on any atom is 0.0497 e. The Balaban J connectivity index is 0.644. The van der Waals surface area contributed by atoms with E-state index in [1.807, 2.05) is 0 Å². The third-order valence-electron chi connectivity index (χ3n) is 27.9. The van der Waals surface area contributed by atoms with E-state index in [4.69, 9.17) is 0 Å². The molecule has 0 aliphatic heterocycles. The SMILES string of the molecule is CCn1c2ccccc2c2ccc(-c3cccc4c(-c5c6ccccc6c(-c6ccccc6)c6ccccc56)c5cccc(-c6ccc7c8ccccc8n(CCc8cccc9[nH]c%10ccc(-c%11cccc%12c(-c%13c%14ccccc%14c(-c%14ccccc%14)c%14ccccc%13%14)c%13cccc(-c%14ccc%15c(c%14)c%14ccccc%14n%15C)c%13cc%11%12)cc%10c89)c7c6)c5cc34)cc21. The normalized spacial score (nSPS) is 12.2. The van der Waals surface area contributed by atoms with Gasteiger partial charge in [0.05, 0.1) is 0 Å². The topological polar surface area (TPSA) is 30.6 Å². The van der Waals surface area contributed by atoms with Gasteiger partial charge in [-0.25, -0.2) is 0 Å². The lowest BCUT2D eigenvalue weighted by Gasteiger charge is -2.22. The molecule has 4 aromatic heterocycles. The van der Waals surface area contributed by atoms with Crippen LogP contribution in [0.2, 0.25) is 0 Å². The molecule has 0 amide bonds. The Morgan fingerprint density at radius 1 is 0.200 bits per heavy atom. The Labute approximate surface area is 721 Å². The van der Waals surface area contributed by atoms with Gasteiger partial charge in [-0.1, -0.05) is 334 Å². The number of para-hydroxylation sites is 3. The van der Waals surface area contributed by atoms with Gasteiger partial charge in [-0.05, 0) is 267 Å². The molecule has 4 heteroatoms. The highest BCUT2D eigenvalue weighted by molar-refractivity contribution is 6.32. The zero-order valence-corrected chi connectivity index (χ0v) is 69.1. The van der Waals surface area contributed by atoms with Crippen LogP contribution in [0.15, 0.2) is 406 Å². The standard InChI is InChI=1S/C121H80N4/c1-3-124-111-55-22-19-34-84(111)87-61-57-78(69-113(87)124)82-47-27-51-99-103(82)72-104-83(48-28-52-100(104)121(99)119-95-43-16-12-39-91(95)116(74-31-8-5-9-32-74)92-40-13-17-44-96(92)119)79-58-62-88-85-35-20-23-56-112(85)125(114(88)70-79)66-65-75-33-24-53-108-117(75)106-68-76(59-63-107(106)122-108)80-45-25-49-97-101(80)71-102-81(77-60-64-110-105(67-77)86-36-18-21-54-109(86)123(110)2)46-26-50-98(102)120(97)118-93-41-14-10-37-89(93)115(73-29-6-4-7-30-73)90-38-11-15-42-94(90)118/h4-64,67-72,122H,3,65-66H2,1-2H3. The van der Waals surface area contributed by atoms with E-state index in [0.717, 1.165) is 30.5 Å². The van der Waals surface area contributed by atoms with Gasteiger partial charge in [-0.15, -0.1) is 0 Å². The molecule has 26 rings (SSSR count). The molecule has 0 bridgehead atoms.